The zero-order valence-electron chi connectivity index (χ0n) is 12.7. The molecule has 0 aliphatic rings. The number of rotatable bonds is 6. The topological polar surface area (TPSA) is 35.3 Å². The molecular weight excluding hydrogens is 274 g/mol. The van der Waals surface area contributed by atoms with Crippen LogP contribution in [-0.2, 0) is 24.4 Å². The van der Waals surface area contributed by atoms with Crippen molar-refractivity contribution >= 4 is 0 Å². The zero-order chi connectivity index (χ0) is 15.2. The van der Waals surface area contributed by atoms with Crippen molar-refractivity contribution in [2.45, 2.75) is 26.6 Å². The SMILES string of the molecule is CCc1coc(-c2cccc(COCc3ccccc3)c2)n1. The fourth-order valence-corrected chi connectivity index (χ4v) is 2.26. The van der Waals surface area contributed by atoms with Crippen LogP contribution < -0.4 is 0 Å². The van der Waals surface area contributed by atoms with Gasteiger partial charge >= 0.3 is 0 Å². The molecule has 0 bridgehead atoms. The highest BCUT2D eigenvalue weighted by atomic mass is 16.5. The van der Waals surface area contributed by atoms with Gasteiger partial charge in [-0.05, 0) is 29.7 Å². The molecule has 1 heterocycles. The highest BCUT2D eigenvalue weighted by Crippen LogP contribution is 2.20. The highest BCUT2D eigenvalue weighted by Gasteiger charge is 2.06. The smallest absolute Gasteiger partial charge is 0.226 e. The molecule has 0 spiro atoms. The predicted octanol–water partition coefficient (Wildman–Crippen LogP) is 4.62. The van der Waals surface area contributed by atoms with Gasteiger partial charge in [0.25, 0.3) is 0 Å². The molecule has 3 rings (SSSR count). The normalized spacial score (nSPS) is 10.8. The molecule has 0 atom stereocenters. The average Bonchev–Trinajstić information content (AvgIpc) is 3.05. The predicted molar refractivity (Wildman–Crippen MR) is 86.3 cm³/mol. The zero-order valence-corrected chi connectivity index (χ0v) is 12.7. The van der Waals surface area contributed by atoms with E-state index in [1.165, 1.54) is 5.56 Å². The van der Waals surface area contributed by atoms with E-state index in [4.69, 9.17) is 9.15 Å². The van der Waals surface area contributed by atoms with Gasteiger partial charge in [0.1, 0.15) is 6.26 Å². The van der Waals surface area contributed by atoms with Crippen molar-refractivity contribution in [3.05, 3.63) is 77.7 Å². The van der Waals surface area contributed by atoms with E-state index in [2.05, 4.69) is 36.2 Å². The minimum Gasteiger partial charge on any atom is -0.444 e. The summed E-state index contributed by atoms with van der Waals surface area (Å²) in [5.41, 5.74) is 4.25. The number of hydrogen-bond acceptors (Lipinski definition) is 3. The third kappa shape index (κ3) is 3.62. The van der Waals surface area contributed by atoms with Gasteiger partial charge in [-0.15, -0.1) is 0 Å². The lowest BCUT2D eigenvalue weighted by molar-refractivity contribution is 0.107. The van der Waals surface area contributed by atoms with E-state index in [-0.39, 0.29) is 0 Å². The van der Waals surface area contributed by atoms with E-state index >= 15 is 0 Å². The van der Waals surface area contributed by atoms with E-state index in [0.29, 0.717) is 19.1 Å². The summed E-state index contributed by atoms with van der Waals surface area (Å²) in [4.78, 5) is 4.46. The Balaban J connectivity index is 1.64. The quantitative estimate of drug-likeness (QED) is 0.665. The Labute approximate surface area is 130 Å². The number of ether oxygens (including phenoxy) is 1. The number of nitrogens with zero attached hydrogens (tertiary/aromatic N) is 1. The van der Waals surface area contributed by atoms with Gasteiger partial charge < -0.3 is 9.15 Å². The van der Waals surface area contributed by atoms with Crippen molar-refractivity contribution in [2.75, 3.05) is 0 Å². The van der Waals surface area contributed by atoms with Crippen LogP contribution in [0, 0.1) is 0 Å². The van der Waals surface area contributed by atoms with Crippen LogP contribution in [0.2, 0.25) is 0 Å². The van der Waals surface area contributed by atoms with Crippen LogP contribution in [0.5, 0.6) is 0 Å². The first kappa shape index (κ1) is 14.5. The molecule has 112 valence electrons. The van der Waals surface area contributed by atoms with Crippen molar-refractivity contribution in [1.82, 2.24) is 4.98 Å². The van der Waals surface area contributed by atoms with E-state index in [1.807, 2.05) is 30.3 Å². The number of aromatic nitrogens is 1. The van der Waals surface area contributed by atoms with Gasteiger partial charge in [0, 0.05) is 5.56 Å². The minimum atomic E-state index is 0.573. The third-order valence-corrected chi connectivity index (χ3v) is 3.47. The van der Waals surface area contributed by atoms with E-state index in [9.17, 15) is 0 Å². The Morgan fingerprint density at radius 3 is 2.50 bits per heavy atom. The Morgan fingerprint density at radius 1 is 0.955 bits per heavy atom. The van der Waals surface area contributed by atoms with Gasteiger partial charge in [-0.1, -0.05) is 49.4 Å². The molecule has 0 amide bonds. The Kier molecular flexibility index (Phi) is 4.66. The van der Waals surface area contributed by atoms with Crippen molar-refractivity contribution in [1.29, 1.82) is 0 Å². The second-order valence-corrected chi connectivity index (χ2v) is 5.18. The summed E-state index contributed by atoms with van der Waals surface area (Å²) >= 11 is 0. The summed E-state index contributed by atoms with van der Waals surface area (Å²) in [6.07, 6.45) is 2.59. The van der Waals surface area contributed by atoms with Crippen LogP contribution in [0.3, 0.4) is 0 Å². The van der Waals surface area contributed by atoms with Crippen LogP contribution in [0.4, 0.5) is 0 Å². The van der Waals surface area contributed by atoms with E-state index in [1.54, 1.807) is 6.26 Å². The Morgan fingerprint density at radius 2 is 1.73 bits per heavy atom. The Bertz CT molecular complexity index is 719. The summed E-state index contributed by atoms with van der Waals surface area (Å²) in [6, 6.07) is 18.3. The van der Waals surface area contributed by atoms with Crippen LogP contribution in [-0.4, -0.2) is 4.98 Å². The van der Waals surface area contributed by atoms with Crippen molar-refractivity contribution in [2.24, 2.45) is 0 Å². The maximum atomic E-state index is 5.77. The molecule has 1 aromatic heterocycles. The monoisotopic (exact) mass is 293 g/mol. The first-order valence-electron chi connectivity index (χ1n) is 7.50. The number of aryl methyl sites for hydroxylation is 1. The second-order valence-electron chi connectivity index (χ2n) is 5.18. The maximum absolute atomic E-state index is 5.77. The molecule has 0 unspecified atom stereocenters. The van der Waals surface area contributed by atoms with Gasteiger partial charge in [0.15, 0.2) is 0 Å². The molecule has 0 N–H and O–H groups in total. The van der Waals surface area contributed by atoms with Gasteiger partial charge in [0.05, 0.1) is 18.9 Å². The number of benzene rings is 2. The van der Waals surface area contributed by atoms with Crippen LogP contribution in [0.15, 0.2) is 65.3 Å². The first-order chi connectivity index (χ1) is 10.8. The van der Waals surface area contributed by atoms with E-state index < -0.39 is 0 Å². The van der Waals surface area contributed by atoms with Crippen molar-refractivity contribution in [3.63, 3.8) is 0 Å². The molecule has 0 fully saturated rings. The molecule has 22 heavy (non-hydrogen) atoms. The molecule has 0 saturated carbocycles. The summed E-state index contributed by atoms with van der Waals surface area (Å²) in [5, 5.41) is 0. The fraction of sp³-hybridized carbons (Fsp3) is 0.211. The van der Waals surface area contributed by atoms with Gasteiger partial charge in [-0.25, -0.2) is 4.98 Å². The fourth-order valence-electron chi connectivity index (χ4n) is 2.26. The van der Waals surface area contributed by atoms with Crippen LogP contribution >= 0.6 is 0 Å². The number of hydrogen-bond donors (Lipinski definition) is 0. The van der Waals surface area contributed by atoms with Gasteiger partial charge in [-0.3, -0.25) is 0 Å². The summed E-state index contributed by atoms with van der Waals surface area (Å²) < 4.78 is 11.3. The van der Waals surface area contributed by atoms with E-state index in [0.717, 1.165) is 23.2 Å². The molecule has 0 radical (unpaired) electrons. The Hall–Kier alpha value is -2.39. The third-order valence-electron chi connectivity index (χ3n) is 3.47. The van der Waals surface area contributed by atoms with Gasteiger partial charge in [0.2, 0.25) is 5.89 Å². The standard InChI is InChI=1S/C19H19NO2/c1-2-18-14-22-19(20-18)17-10-6-9-16(11-17)13-21-12-15-7-4-3-5-8-15/h3-11,14H,2,12-13H2,1H3. The second kappa shape index (κ2) is 7.05. The minimum absolute atomic E-state index is 0.573. The number of oxazole rings is 1. The molecule has 2 aromatic carbocycles. The molecule has 3 aromatic rings. The summed E-state index contributed by atoms with van der Waals surface area (Å²) in [6.45, 7) is 3.25. The lowest BCUT2D eigenvalue weighted by Gasteiger charge is -2.05. The van der Waals surface area contributed by atoms with Crippen molar-refractivity contribution in [3.8, 4) is 11.5 Å². The van der Waals surface area contributed by atoms with Crippen LogP contribution in [0.1, 0.15) is 23.7 Å². The molecule has 0 aliphatic carbocycles. The van der Waals surface area contributed by atoms with Gasteiger partial charge in [-0.2, -0.15) is 0 Å². The largest absolute Gasteiger partial charge is 0.444 e. The molecule has 0 saturated heterocycles. The molecule has 3 nitrogen and oxygen atoms in total. The first-order valence-corrected chi connectivity index (χ1v) is 7.50. The summed E-state index contributed by atoms with van der Waals surface area (Å²) in [5.74, 6) is 0.668. The summed E-state index contributed by atoms with van der Waals surface area (Å²) in [7, 11) is 0. The van der Waals surface area contributed by atoms with Crippen LogP contribution in [0.25, 0.3) is 11.5 Å². The maximum Gasteiger partial charge on any atom is 0.226 e. The lowest BCUT2D eigenvalue weighted by Crippen LogP contribution is -1.94. The van der Waals surface area contributed by atoms with Crippen molar-refractivity contribution < 1.29 is 9.15 Å². The molecule has 3 heteroatoms. The molecular formula is C19H19NO2. The highest BCUT2D eigenvalue weighted by molar-refractivity contribution is 5.54. The lowest BCUT2D eigenvalue weighted by atomic mass is 10.1. The average molecular weight is 293 g/mol. The molecule has 0 aliphatic heterocycles.